The van der Waals surface area contributed by atoms with Crippen molar-refractivity contribution in [2.45, 2.75) is 6.42 Å². The van der Waals surface area contributed by atoms with Gasteiger partial charge < -0.3 is 4.90 Å². The van der Waals surface area contributed by atoms with Gasteiger partial charge in [-0.2, -0.15) is 9.57 Å². The predicted octanol–water partition coefficient (Wildman–Crippen LogP) is 2.25. The number of nitrogens with zero attached hydrogens (tertiary/aromatic N) is 3. The molecule has 0 aromatic heterocycles. The molecule has 6 heteroatoms. The van der Waals surface area contributed by atoms with Gasteiger partial charge in [-0.25, -0.2) is 8.42 Å². The van der Waals surface area contributed by atoms with Crippen LogP contribution in [0, 0.1) is 11.3 Å². The summed E-state index contributed by atoms with van der Waals surface area (Å²) in [6, 6.07) is 19.3. The van der Waals surface area contributed by atoms with E-state index in [0.717, 1.165) is 11.3 Å². The minimum atomic E-state index is -3.26. The summed E-state index contributed by atoms with van der Waals surface area (Å²) >= 11 is 0. The summed E-state index contributed by atoms with van der Waals surface area (Å²) < 4.78 is 26.7. The van der Waals surface area contributed by atoms with Crippen LogP contribution in [0.1, 0.15) is 11.1 Å². The highest BCUT2D eigenvalue weighted by Crippen LogP contribution is 2.22. The third-order valence-corrected chi connectivity index (χ3v) is 6.36. The lowest BCUT2D eigenvalue weighted by Crippen LogP contribution is -2.49. The van der Waals surface area contributed by atoms with E-state index in [1.165, 1.54) is 0 Å². The van der Waals surface area contributed by atoms with E-state index < -0.39 is 10.0 Å². The molecule has 0 unspecified atom stereocenters. The van der Waals surface area contributed by atoms with E-state index in [-0.39, 0.29) is 5.75 Å². The summed E-state index contributed by atoms with van der Waals surface area (Å²) in [7, 11) is -3.26. The lowest BCUT2D eigenvalue weighted by molar-refractivity contribution is 0.385. The Balaban J connectivity index is 1.60. The summed E-state index contributed by atoms with van der Waals surface area (Å²) in [6.07, 6.45) is 0.528. The third kappa shape index (κ3) is 4.19. The van der Waals surface area contributed by atoms with Gasteiger partial charge in [0.2, 0.25) is 10.0 Å². The number of hydrogen-bond acceptors (Lipinski definition) is 4. The van der Waals surface area contributed by atoms with Crippen LogP contribution < -0.4 is 4.90 Å². The average molecular weight is 355 g/mol. The maximum atomic E-state index is 12.6. The van der Waals surface area contributed by atoms with Gasteiger partial charge in [-0.1, -0.05) is 42.5 Å². The Hall–Kier alpha value is -2.36. The molecule has 0 radical (unpaired) electrons. The summed E-state index contributed by atoms with van der Waals surface area (Å²) in [5.41, 5.74) is 2.54. The van der Waals surface area contributed by atoms with E-state index in [1.807, 2.05) is 48.5 Å². The van der Waals surface area contributed by atoms with Gasteiger partial charge in [-0.05, 0) is 24.1 Å². The van der Waals surface area contributed by atoms with Gasteiger partial charge in [-0.3, -0.25) is 0 Å². The highest BCUT2D eigenvalue weighted by molar-refractivity contribution is 7.89. The third-order valence-electron chi connectivity index (χ3n) is 4.49. The van der Waals surface area contributed by atoms with E-state index in [0.29, 0.717) is 38.2 Å². The zero-order chi connectivity index (χ0) is 17.7. The largest absolute Gasteiger partial charge is 0.368 e. The molecule has 25 heavy (non-hydrogen) atoms. The number of sulfonamides is 1. The van der Waals surface area contributed by atoms with Crippen LogP contribution in [-0.4, -0.2) is 44.7 Å². The maximum absolute atomic E-state index is 12.6. The first-order valence-electron chi connectivity index (χ1n) is 8.36. The first-order valence-corrected chi connectivity index (χ1v) is 9.97. The molecule has 3 rings (SSSR count). The standard InChI is InChI=1S/C19H21N3O2S/c20-16-18-8-4-5-9-19(18)21-11-13-22(14-12-21)25(23,24)15-10-17-6-2-1-3-7-17/h1-9H,10-15H2. The number of hydrogen-bond donors (Lipinski definition) is 0. The molecular weight excluding hydrogens is 334 g/mol. The number of nitriles is 1. The Labute approximate surface area is 149 Å². The number of rotatable bonds is 5. The lowest BCUT2D eigenvalue weighted by Gasteiger charge is -2.35. The van der Waals surface area contributed by atoms with E-state index in [9.17, 15) is 13.7 Å². The van der Waals surface area contributed by atoms with Crippen molar-refractivity contribution in [1.82, 2.24) is 4.31 Å². The molecule has 1 aliphatic rings. The van der Waals surface area contributed by atoms with Crippen LogP contribution in [0.3, 0.4) is 0 Å². The zero-order valence-electron chi connectivity index (χ0n) is 14.0. The van der Waals surface area contributed by atoms with Crippen molar-refractivity contribution in [3.05, 3.63) is 65.7 Å². The molecule has 1 fully saturated rings. The molecule has 1 aliphatic heterocycles. The molecule has 0 spiro atoms. The van der Waals surface area contributed by atoms with Crippen molar-refractivity contribution in [3.8, 4) is 6.07 Å². The first-order chi connectivity index (χ1) is 12.1. The van der Waals surface area contributed by atoms with Crippen LogP contribution in [0.25, 0.3) is 0 Å². The van der Waals surface area contributed by atoms with Gasteiger partial charge in [0.25, 0.3) is 0 Å². The lowest BCUT2D eigenvalue weighted by atomic mass is 10.1. The van der Waals surface area contributed by atoms with Gasteiger partial charge in [0.15, 0.2) is 0 Å². The van der Waals surface area contributed by atoms with E-state index in [1.54, 1.807) is 10.4 Å². The number of anilines is 1. The molecule has 0 atom stereocenters. The second kappa shape index (κ2) is 7.68. The van der Waals surface area contributed by atoms with Gasteiger partial charge in [0.1, 0.15) is 6.07 Å². The fourth-order valence-electron chi connectivity index (χ4n) is 3.07. The van der Waals surface area contributed by atoms with Crippen molar-refractivity contribution < 1.29 is 8.42 Å². The molecule has 1 saturated heterocycles. The minimum absolute atomic E-state index is 0.131. The Kier molecular flexibility index (Phi) is 5.37. The molecule has 130 valence electrons. The minimum Gasteiger partial charge on any atom is -0.368 e. The molecule has 0 N–H and O–H groups in total. The average Bonchev–Trinajstić information content (AvgIpc) is 2.67. The van der Waals surface area contributed by atoms with Crippen LogP contribution >= 0.6 is 0 Å². The van der Waals surface area contributed by atoms with E-state index >= 15 is 0 Å². The van der Waals surface area contributed by atoms with Crippen molar-refractivity contribution in [2.24, 2.45) is 0 Å². The van der Waals surface area contributed by atoms with Crippen LogP contribution in [0.4, 0.5) is 5.69 Å². The molecule has 2 aromatic rings. The highest BCUT2D eigenvalue weighted by Gasteiger charge is 2.27. The topological polar surface area (TPSA) is 64.4 Å². The quantitative estimate of drug-likeness (QED) is 0.825. The Morgan fingerprint density at radius 2 is 1.56 bits per heavy atom. The van der Waals surface area contributed by atoms with Crippen LogP contribution in [0.2, 0.25) is 0 Å². The van der Waals surface area contributed by atoms with Crippen LogP contribution in [0.5, 0.6) is 0 Å². The molecular formula is C19H21N3O2S. The fourth-order valence-corrected chi connectivity index (χ4v) is 4.54. The van der Waals surface area contributed by atoms with Crippen molar-refractivity contribution in [3.63, 3.8) is 0 Å². The Morgan fingerprint density at radius 3 is 2.24 bits per heavy atom. The van der Waals surface area contributed by atoms with Crippen LogP contribution in [0.15, 0.2) is 54.6 Å². The number of piperazine rings is 1. The van der Waals surface area contributed by atoms with E-state index in [2.05, 4.69) is 11.0 Å². The molecule has 1 heterocycles. The predicted molar refractivity (Wildman–Crippen MR) is 98.9 cm³/mol. The number of aryl methyl sites for hydroxylation is 1. The van der Waals surface area contributed by atoms with Crippen LogP contribution in [-0.2, 0) is 16.4 Å². The number of para-hydroxylation sites is 1. The van der Waals surface area contributed by atoms with Crippen molar-refractivity contribution in [1.29, 1.82) is 5.26 Å². The Morgan fingerprint density at radius 1 is 0.920 bits per heavy atom. The molecule has 2 aromatic carbocycles. The van der Waals surface area contributed by atoms with E-state index in [4.69, 9.17) is 0 Å². The maximum Gasteiger partial charge on any atom is 0.214 e. The van der Waals surface area contributed by atoms with Gasteiger partial charge in [-0.15, -0.1) is 0 Å². The summed E-state index contributed by atoms with van der Waals surface area (Å²) in [6.45, 7) is 2.11. The SMILES string of the molecule is N#Cc1ccccc1N1CCN(S(=O)(=O)CCc2ccccc2)CC1. The van der Waals surface area contributed by atoms with Gasteiger partial charge in [0.05, 0.1) is 17.0 Å². The smallest absolute Gasteiger partial charge is 0.214 e. The van der Waals surface area contributed by atoms with Gasteiger partial charge in [0, 0.05) is 26.2 Å². The summed E-state index contributed by atoms with van der Waals surface area (Å²) in [4.78, 5) is 2.09. The Bertz CT molecular complexity index is 852. The van der Waals surface area contributed by atoms with Crippen molar-refractivity contribution in [2.75, 3.05) is 36.8 Å². The summed E-state index contributed by atoms with van der Waals surface area (Å²) in [5.74, 6) is 0.131. The second-order valence-corrected chi connectivity index (χ2v) is 8.16. The van der Waals surface area contributed by atoms with Gasteiger partial charge >= 0.3 is 0 Å². The molecule has 5 nitrogen and oxygen atoms in total. The fraction of sp³-hybridized carbons (Fsp3) is 0.316. The molecule has 0 saturated carbocycles. The first kappa shape index (κ1) is 17.5. The monoisotopic (exact) mass is 355 g/mol. The van der Waals surface area contributed by atoms with Crippen molar-refractivity contribution >= 4 is 15.7 Å². The molecule has 0 bridgehead atoms. The molecule has 0 amide bonds. The zero-order valence-corrected chi connectivity index (χ0v) is 14.8. The second-order valence-electron chi connectivity index (χ2n) is 6.07. The summed E-state index contributed by atoms with van der Waals surface area (Å²) in [5, 5.41) is 9.23. The molecule has 0 aliphatic carbocycles. The highest BCUT2D eigenvalue weighted by atomic mass is 32.2. The number of benzene rings is 2. The normalized spacial score (nSPS) is 15.7.